The van der Waals surface area contributed by atoms with Crippen molar-refractivity contribution in [2.24, 2.45) is 17.3 Å². The van der Waals surface area contributed by atoms with Crippen LogP contribution in [0.25, 0.3) is 0 Å². The van der Waals surface area contributed by atoms with Crippen molar-refractivity contribution >= 4 is 11.8 Å². The average molecular weight is 378 g/mol. The predicted octanol–water partition coefficient (Wildman–Crippen LogP) is 6.63. The van der Waals surface area contributed by atoms with E-state index in [0.29, 0.717) is 5.92 Å². The second-order valence-electron chi connectivity index (χ2n) is 9.35. The minimum Gasteiger partial charge on any atom is -0.445 e. The molecule has 4 atom stereocenters. The minimum absolute atomic E-state index is 0.0380. The zero-order chi connectivity index (χ0) is 19.1. The van der Waals surface area contributed by atoms with Gasteiger partial charge in [-0.2, -0.15) is 0 Å². The van der Waals surface area contributed by atoms with Gasteiger partial charge in [0, 0.05) is 11.1 Å². The fourth-order valence-electron chi connectivity index (χ4n) is 6.58. The van der Waals surface area contributed by atoms with Crippen molar-refractivity contribution < 1.29 is 9.53 Å². The summed E-state index contributed by atoms with van der Waals surface area (Å²) in [5.74, 6) is 1.39. The molecule has 3 nitrogen and oxygen atoms in total. The molecule has 2 fully saturated rings. The molecule has 1 amide bonds. The minimum atomic E-state index is -0.302. The van der Waals surface area contributed by atoms with E-state index in [2.05, 4.69) is 18.3 Å². The summed E-state index contributed by atoms with van der Waals surface area (Å²) < 4.78 is 6.00. The summed E-state index contributed by atoms with van der Waals surface area (Å²) in [5.41, 5.74) is 6.07. The lowest BCUT2D eigenvalue weighted by Gasteiger charge is -2.48. The van der Waals surface area contributed by atoms with Crippen LogP contribution in [0.4, 0.5) is 10.5 Å². The maximum atomic E-state index is 12.5. The first-order chi connectivity index (χ1) is 13.6. The molecule has 0 radical (unpaired) electrons. The van der Waals surface area contributed by atoms with Crippen molar-refractivity contribution in [1.82, 2.24) is 0 Å². The normalized spacial score (nSPS) is 34.0. The number of rotatable bonds is 2. The van der Waals surface area contributed by atoms with Crippen LogP contribution in [0.3, 0.4) is 0 Å². The van der Waals surface area contributed by atoms with E-state index in [1.165, 1.54) is 44.9 Å². The summed E-state index contributed by atoms with van der Waals surface area (Å²) >= 11 is 0. The zero-order valence-corrected chi connectivity index (χ0v) is 16.9. The topological polar surface area (TPSA) is 38.3 Å². The fourth-order valence-corrected chi connectivity index (χ4v) is 6.58. The molecule has 5 rings (SSSR count). The van der Waals surface area contributed by atoms with E-state index >= 15 is 0 Å². The lowest BCUT2D eigenvalue weighted by atomic mass is 9.57. The Morgan fingerprint density at radius 2 is 1.96 bits per heavy atom. The van der Waals surface area contributed by atoms with Crippen molar-refractivity contribution in [2.75, 3.05) is 5.32 Å². The molecular weight excluding hydrogens is 346 g/mol. The van der Waals surface area contributed by atoms with Crippen LogP contribution >= 0.6 is 0 Å². The van der Waals surface area contributed by atoms with E-state index in [1.807, 2.05) is 30.3 Å². The monoisotopic (exact) mass is 377 g/mol. The summed E-state index contributed by atoms with van der Waals surface area (Å²) in [7, 11) is 0. The van der Waals surface area contributed by atoms with E-state index in [9.17, 15) is 4.79 Å². The average Bonchev–Trinajstić information content (AvgIpc) is 3.05. The number of carbonyl (C=O) groups excluding carboxylic acids is 1. The van der Waals surface area contributed by atoms with Gasteiger partial charge in [0.25, 0.3) is 0 Å². The maximum Gasteiger partial charge on any atom is 0.411 e. The van der Waals surface area contributed by atoms with Gasteiger partial charge in [-0.05, 0) is 92.9 Å². The van der Waals surface area contributed by atoms with Gasteiger partial charge in [0.05, 0.1) is 0 Å². The Morgan fingerprint density at radius 3 is 2.82 bits per heavy atom. The van der Waals surface area contributed by atoms with Gasteiger partial charge in [-0.1, -0.05) is 36.8 Å². The van der Waals surface area contributed by atoms with Gasteiger partial charge in [-0.3, -0.25) is 5.32 Å². The van der Waals surface area contributed by atoms with Crippen molar-refractivity contribution in [1.29, 1.82) is 0 Å². The van der Waals surface area contributed by atoms with Crippen LogP contribution in [-0.2, 0) is 4.74 Å². The molecular formula is C25H31NO2. The number of allylic oxidation sites excluding steroid dienone is 4. The third kappa shape index (κ3) is 3.00. The standard InChI is InChI=1S/C25H31NO2/c1-25-16-15-20-19-10-6-5-7-17(19)11-12-21(20)22(25)13-14-23(25)28-24(27)26-18-8-3-2-4-9-18/h2-4,7-9,21-23H,5-6,10-16H2,1H3,(H,26,27)/t21-,22+,23+,25+/m1/s1. The summed E-state index contributed by atoms with van der Waals surface area (Å²) in [4.78, 5) is 12.5. The van der Waals surface area contributed by atoms with Gasteiger partial charge in [0.2, 0.25) is 0 Å². The van der Waals surface area contributed by atoms with Gasteiger partial charge in [-0.15, -0.1) is 0 Å². The summed E-state index contributed by atoms with van der Waals surface area (Å²) in [6.45, 7) is 2.39. The van der Waals surface area contributed by atoms with Crippen LogP contribution in [0, 0.1) is 17.3 Å². The Balaban J connectivity index is 1.32. The number of fused-ring (bicyclic) bond motifs is 4. The zero-order valence-electron chi connectivity index (χ0n) is 16.9. The van der Waals surface area contributed by atoms with E-state index in [0.717, 1.165) is 24.4 Å². The third-order valence-electron chi connectivity index (χ3n) is 7.98. The Kier molecular flexibility index (Phi) is 4.57. The van der Waals surface area contributed by atoms with Crippen molar-refractivity contribution in [3.8, 4) is 0 Å². The number of carbonyl (C=O) groups is 1. The number of amides is 1. The Labute approximate surface area is 168 Å². The first kappa shape index (κ1) is 18.0. The molecule has 148 valence electrons. The quantitative estimate of drug-likeness (QED) is 0.628. The Hall–Kier alpha value is -2.03. The third-order valence-corrected chi connectivity index (χ3v) is 7.98. The van der Waals surface area contributed by atoms with Gasteiger partial charge in [0.15, 0.2) is 0 Å². The molecule has 0 aliphatic heterocycles. The highest BCUT2D eigenvalue weighted by atomic mass is 16.6. The lowest BCUT2D eigenvalue weighted by molar-refractivity contribution is -0.00573. The Morgan fingerprint density at radius 1 is 1.11 bits per heavy atom. The van der Waals surface area contributed by atoms with Gasteiger partial charge < -0.3 is 4.74 Å². The summed E-state index contributed by atoms with van der Waals surface area (Å²) in [6.07, 6.45) is 13.2. The van der Waals surface area contributed by atoms with Crippen LogP contribution in [0.15, 0.2) is 53.1 Å². The van der Waals surface area contributed by atoms with E-state index < -0.39 is 0 Å². The molecule has 2 saturated carbocycles. The molecule has 0 saturated heterocycles. The van der Waals surface area contributed by atoms with Crippen molar-refractivity contribution in [3.63, 3.8) is 0 Å². The molecule has 28 heavy (non-hydrogen) atoms. The highest BCUT2D eigenvalue weighted by Crippen LogP contribution is 2.60. The molecule has 4 aliphatic carbocycles. The molecule has 4 aliphatic rings. The molecule has 1 aromatic rings. The fraction of sp³-hybridized carbons (Fsp3) is 0.560. The van der Waals surface area contributed by atoms with E-state index in [4.69, 9.17) is 4.74 Å². The molecule has 0 bridgehead atoms. The molecule has 0 heterocycles. The predicted molar refractivity (Wildman–Crippen MR) is 112 cm³/mol. The smallest absolute Gasteiger partial charge is 0.411 e. The van der Waals surface area contributed by atoms with Crippen LogP contribution in [0.1, 0.15) is 64.7 Å². The number of hydrogen-bond acceptors (Lipinski definition) is 2. The van der Waals surface area contributed by atoms with Crippen LogP contribution < -0.4 is 5.32 Å². The largest absolute Gasteiger partial charge is 0.445 e. The number of hydrogen-bond donors (Lipinski definition) is 1. The molecule has 1 N–H and O–H groups in total. The number of anilines is 1. The summed E-state index contributed by atoms with van der Waals surface area (Å²) in [6, 6.07) is 9.60. The van der Waals surface area contributed by atoms with Crippen LogP contribution in [-0.4, -0.2) is 12.2 Å². The molecule has 0 unspecified atom stereocenters. The number of ether oxygens (including phenoxy) is 1. The molecule has 0 aromatic heterocycles. The number of benzene rings is 1. The van der Waals surface area contributed by atoms with Gasteiger partial charge >= 0.3 is 6.09 Å². The van der Waals surface area contributed by atoms with E-state index in [-0.39, 0.29) is 17.6 Å². The Bertz CT molecular complexity index is 824. The van der Waals surface area contributed by atoms with Gasteiger partial charge in [0.1, 0.15) is 6.10 Å². The van der Waals surface area contributed by atoms with Crippen LogP contribution in [0.2, 0.25) is 0 Å². The second kappa shape index (κ2) is 7.09. The van der Waals surface area contributed by atoms with Crippen molar-refractivity contribution in [3.05, 3.63) is 53.1 Å². The van der Waals surface area contributed by atoms with Crippen LogP contribution in [0.5, 0.6) is 0 Å². The SMILES string of the molecule is C[C@]12CCC3=C4CCCC=C4CC[C@H]3[C@@H]1CC[C@@H]2OC(=O)Nc1ccccc1. The van der Waals surface area contributed by atoms with Gasteiger partial charge in [-0.25, -0.2) is 4.79 Å². The number of para-hydroxylation sites is 1. The first-order valence-corrected chi connectivity index (χ1v) is 11.1. The number of nitrogens with one attached hydrogen (secondary N) is 1. The van der Waals surface area contributed by atoms with E-state index in [1.54, 1.807) is 16.7 Å². The highest BCUT2D eigenvalue weighted by Gasteiger charge is 2.55. The molecule has 0 spiro atoms. The highest BCUT2D eigenvalue weighted by molar-refractivity contribution is 5.84. The maximum absolute atomic E-state index is 12.5. The second-order valence-corrected chi connectivity index (χ2v) is 9.35. The summed E-state index contributed by atoms with van der Waals surface area (Å²) in [5, 5.41) is 2.90. The van der Waals surface area contributed by atoms with Crippen molar-refractivity contribution in [2.45, 2.75) is 70.8 Å². The molecule has 3 heteroatoms. The molecule has 1 aromatic carbocycles. The lowest BCUT2D eigenvalue weighted by Crippen LogP contribution is -2.43. The first-order valence-electron chi connectivity index (χ1n) is 11.1.